The molecule has 7 nitrogen and oxygen atoms in total. The first kappa shape index (κ1) is 23.2. The molecule has 1 rings (SSSR count). The van der Waals surface area contributed by atoms with Crippen LogP contribution in [0.25, 0.3) is 0 Å². The maximum Gasteiger partial charge on any atom is 0.213 e. The van der Waals surface area contributed by atoms with E-state index in [2.05, 4.69) is 33.8 Å². The van der Waals surface area contributed by atoms with Crippen molar-refractivity contribution in [2.75, 3.05) is 46.1 Å². The minimum absolute atomic E-state index is 0.126. The van der Waals surface area contributed by atoms with E-state index in [1.54, 1.807) is 21.1 Å². The van der Waals surface area contributed by atoms with E-state index in [9.17, 15) is 8.42 Å². The van der Waals surface area contributed by atoms with Crippen molar-refractivity contribution in [3.8, 4) is 5.75 Å². The number of nitrogens with zero attached hydrogens (tertiary/aromatic N) is 2. The zero-order valence-corrected chi connectivity index (χ0v) is 18.0. The Balaban J connectivity index is 2.47. The van der Waals surface area contributed by atoms with Gasteiger partial charge in [0, 0.05) is 33.2 Å². The highest BCUT2D eigenvalue weighted by Crippen LogP contribution is 2.18. The van der Waals surface area contributed by atoms with E-state index in [0.29, 0.717) is 19.5 Å². The Labute approximate surface area is 164 Å². The topological polar surface area (TPSA) is 83.0 Å². The van der Waals surface area contributed by atoms with Crippen LogP contribution in [0.5, 0.6) is 5.75 Å². The van der Waals surface area contributed by atoms with Gasteiger partial charge in [-0.2, -0.15) is 0 Å². The first-order chi connectivity index (χ1) is 12.8. The average Bonchev–Trinajstić information content (AvgIpc) is 2.66. The lowest BCUT2D eigenvalue weighted by Crippen LogP contribution is -2.38. The van der Waals surface area contributed by atoms with Crippen LogP contribution in [0.15, 0.2) is 23.2 Å². The summed E-state index contributed by atoms with van der Waals surface area (Å²) in [6.45, 7) is 8.26. The molecule has 1 aromatic carbocycles. The summed E-state index contributed by atoms with van der Waals surface area (Å²) in [7, 11) is 0.177. The second-order valence-electron chi connectivity index (χ2n) is 6.32. The van der Waals surface area contributed by atoms with Gasteiger partial charge >= 0.3 is 0 Å². The molecule has 1 aromatic rings. The quantitative estimate of drug-likeness (QED) is 0.337. The van der Waals surface area contributed by atoms with Crippen molar-refractivity contribution in [3.63, 3.8) is 0 Å². The van der Waals surface area contributed by atoms with E-state index in [1.165, 1.54) is 9.87 Å². The van der Waals surface area contributed by atoms with Gasteiger partial charge in [0.1, 0.15) is 5.75 Å². The number of nitrogens with one attached hydrogen (secondary N) is 2. The molecule has 2 N–H and O–H groups in total. The van der Waals surface area contributed by atoms with Gasteiger partial charge in [-0.05, 0) is 50.8 Å². The van der Waals surface area contributed by atoms with Crippen LogP contribution in [-0.2, 0) is 16.4 Å². The number of aliphatic imine (C=N–C) groups is 1. The number of ether oxygens (including phenoxy) is 1. The van der Waals surface area contributed by atoms with Crippen molar-refractivity contribution < 1.29 is 13.2 Å². The summed E-state index contributed by atoms with van der Waals surface area (Å²) in [5.41, 5.74) is 2.33. The molecule has 154 valence electrons. The van der Waals surface area contributed by atoms with Gasteiger partial charge < -0.3 is 15.4 Å². The highest BCUT2D eigenvalue weighted by Gasteiger charge is 2.13. The van der Waals surface area contributed by atoms with Crippen LogP contribution >= 0.6 is 0 Å². The summed E-state index contributed by atoms with van der Waals surface area (Å²) in [5, 5.41) is 6.53. The Hall–Kier alpha value is -1.80. The molecule has 27 heavy (non-hydrogen) atoms. The largest absolute Gasteiger partial charge is 0.496 e. The van der Waals surface area contributed by atoms with Crippen LogP contribution in [0.3, 0.4) is 0 Å². The fourth-order valence-corrected chi connectivity index (χ4v) is 3.38. The molecule has 0 aliphatic heterocycles. The van der Waals surface area contributed by atoms with Gasteiger partial charge in [0.15, 0.2) is 5.96 Å². The molecule has 0 aliphatic carbocycles. The molecular weight excluding hydrogens is 364 g/mol. The zero-order valence-electron chi connectivity index (χ0n) is 17.2. The number of sulfonamides is 1. The number of rotatable bonds is 11. The minimum atomic E-state index is -3.12. The Morgan fingerprint density at radius 1 is 1.26 bits per heavy atom. The molecule has 0 fully saturated rings. The molecule has 0 aromatic heterocycles. The van der Waals surface area contributed by atoms with Crippen molar-refractivity contribution in [3.05, 3.63) is 29.3 Å². The van der Waals surface area contributed by atoms with Gasteiger partial charge in [-0.1, -0.05) is 12.1 Å². The summed E-state index contributed by atoms with van der Waals surface area (Å²) in [6, 6.07) is 6.23. The van der Waals surface area contributed by atoms with Crippen LogP contribution in [0, 0.1) is 6.92 Å². The lowest BCUT2D eigenvalue weighted by molar-refractivity contribution is 0.411. The molecule has 0 unspecified atom stereocenters. The Morgan fingerprint density at radius 2 is 2.00 bits per heavy atom. The third-order valence-corrected chi connectivity index (χ3v) is 6.13. The zero-order chi connectivity index (χ0) is 20.3. The van der Waals surface area contributed by atoms with E-state index >= 15 is 0 Å². The standard InChI is InChI=1S/C19H34N4O3S/c1-6-20-19(21-12-8-14-23(4)27(24,25)7-2)22-13-11-17-10-9-16(3)18(15-17)26-5/h9-10,15H,6-8,11-14H2,1-5H3,(H2,20,21,22). The van der Waals surface area contributed by atoms with Crippen LogP contribution in [0.4, 0.5) is 0 Å². The van der Waals surface area contributed by atoms with Crippen LogP contribution in [0.2, 0.25) is 0 Å². The lowest BCUT2D eigenvalue weighted by Gasteiger charge is -2.15. The van der Waals surface area contributed by atoms with E-state index in [0.717, 1.165) is 36.8 Å². The second-order valence-corrected chi connectivity index (χ2v) is 8.68. The first-order valence-electron chi connectivity index (χ1n) is 9.43. The molecule has 8 heteroatoms. The molecule has 0 spiro atoms. The fraction of sp³-hybridized carbons (Fsp3) is 0.632. The molecule has 0 atom stereocenters. The summed E-state index contributed by atoms with van der Waals surface area (Å²) in [6.07, 6.45) is 1.54. The highest BCUT2D eigenvalue weighted by molar-refractivity contribution is 7.89. The average molecular weight is 399 g/mol. The van der Waals surface area contributed by atoms with Crippen molar-refractivity contribution in [1.29, 1.82) is 0 Å². The fourth-order valence-electron chi connectivity index (χ4n) is 2.53. The summed E-state index contributed by atoms with van der Waals surface area (Å²) in [5.74, 6) is 1.78. The SMILES string of the molecule is CCNC(=NCCCN(C)S(=O)(=O)CC)NCCc1ccc(C)c(OC)c1. The smallest absolute Gasteiger partial charge is 0.213 e. The Kier molecular flexibility index (Phi) is 10.2. The summed E-state index contributed by atoms with van der Waals surface area (Å²) in [4.78, 5) is 4.52. The number of aryl methyl sites for hydroxylation is 1. The van der Waals surface area contributed by atoms with E-state index in [4.69, 9.17) is 4.74 Å². The number of guanidine groups is 1. The third kappa shape index (κ3) is 8.17. The van der Waals surface area contributed by atoms with Crippen molar-refractivity contribution in [2.45, 2.75) is 33.6 Å². The van der Waals surface area contributed by atoms with E-state index in [1.807, 2.05) is 13.8 Å². The molecule has 0 aliphatic rings. The van der Waals surface area contributed by atoms with E-state index in [-0.39, 0.29) is 5.75 Å². The van der Waals surface area contributed by atoms with Crippen LogP contribution < -0.4 is 15.4 Å². The predicted octanol–water partition coefficient (Wildman–Crippen LogP) is 1.77. The third-order valence-electron chi connectivity index (χ3n) is 4.26. The second kappa shape index (κ2) is 11.8. The van der Waals surface area contributed by atoms with Gasteiger partial charge in [0.25, 0.3) is 0 Å². The number of hydrogen-bond donors (Lipinski definition) is 2. The Bertz CT molecular complexity index is 705. The predicted molar refractivity (Wildman–Crippen MR) is 112 cm³/mol. The molecular formula is C19H34N4O3S. The number of hydrogen-bond acceptors (Lipinski definition) is 4. The van der Waals surface area contributed by atoms with Crippen molar-refractivity contribution in [2.24, 2.45) is 4.99 Å². The van der Waals surface area contributed by atoms with Gasteiger partial charge in [0.05, 0.1) is 12.9 Å². The van der Waals surface area contributed by atoms with Gasteiger partial charge in [-0.3, -0.25) is 4.99 Å². The minimum Gasteiger partial charge on any atom is -0.496 e. The van der Waals surface area contributed by atoms with Crippen LogP contribution in [0.1, 0.15) is 31.4 Å². The molecule has 0 heterocycles. The molecule has 0 amide bonds. The maximum atomic E-state index is 11.7. The van der Waals surface area contributed by atoms with Crippen LogP contribution in [-0.4, -0.2) is 64.8 Å². The van der Waals surface area contributed by atoms with Gasteiger partial charge in [-0.25, -0.2) is 12.7 Å². The molecule has 0 radical (unpaired) electrons. The Morgan fingerprint density at radius 3 is 2.63 bits per heavy atom. The monoisotopic (exact) mass is 398 g/mol. The van der Waals surface area contributed by atoms with Gasteiger partial charge in [-0.15, -0.1) is 0 Å². The first-order valence-corrected chi connectivity index (χ1v) is 11.0. The highest BCUT2D eigenvalue weighted by atomic mass is 32.2. The van der Waals surface area contributed by atoms with Crippen molar-refractivity contribution >= 4 is 16.0 Å². The maximum absolute atomic E-state index is 11.7. The molecule has 0 saturated heterocycles. The summed E-state index contributed by atoms with van der Waals surface area (Å²) < 4.78 is 30.2. The summed E-state index contributed by atoms with van der Waals surface area (Å²) >= 11 is 0. The lowest BCUT2D eigenvalue weighted by atomic mass is 10.1. The number of benzene rings is 1. The van der Waals surface area contributed by atoms with Crippen molar-refractivity contribution in [1.82, 2.24) is 14.9 Å². The number of methoxy groups -OCH3 is 1. The molecule has 0 saturated carbocycles. The normalized spacial score (nSPS) is 12.3. The molecule has 0 bridgehead atoms. The van der Waals surface area contributed by atoms with Gasteiger partial charge in [0.2, 0.25) is 10.0 Å². The van der Waals surface area contributed by atoms with E-state index < -0.39 is 10.0 Å².